The van der Waals surface area contributed by atoms with Crippen molar-refractivity contribution in [1.29, 1.82) is 0 Å². The van der Waals surface area contributed by atoms with Crippen LogP contribution in [-0.4, -0.2) is 14.8 Å². The van der Waals surface area contributed by atoms with Crippen molar-refractivity contribution in [1.82, 2.24) is 14.8 Å². The first-order valence-corrected chi connectivity index (χ1v) is 6.10. The van der Waals surface area contributed by atoms with Gasteiger partial charge in [0.15, 0.2) is 5.82 Å². The van der Waals surface area contributed by atoms with E-state index in [1.54, 1.807) is 18.2 Å². The van der Waals surface area contributed by atoms with Gasteiger partial charge in [0.2, 0.25) is 0 Å². The van der Waals surface area contributed by atoms with Crippen LogP contribution in [0.25, 0.3) is 11.4 Å². The molecule has 0 fully saturated rings. The summed E-state index contributed by atoms with van der Waals surface area (Å²) in [7, 11) is 0. The molecular formula is C13H15FN4. The average Bonchev–Trinajstić information content (AvgIpc) is 2.73. The van der Waals surface area contributed by atoms with Gasteiger partial charge in [0, 0.05) is 6.54 Å². The highest BCUT2D eigenvalue weighted by Crippen LogP contribution is 2.30. The number of nitrogens with zero attached hydrogens (tertiary/aromatic N) is 3. The Kier molecular flexibility index (Phi) is 2.63. The van der Waals surface area contributed by atoms with E-state index < -0.39 is 0 Å². The molecule has 0 bridgehead atoms. The van der Waals surface area contributed by atoms with Crippen LogP contribution in [0.1, 0.15) is 25.2 Å². The Morgan fingerprint density at radius 3 is 2.89 bits per heavy atom. The van der Waals surface area contributed by atoms with Gasteiger partial charge in [0.25, 0.3) is 0 Å². The number of fused-ring (bicyclic) bond motifs is 1. The molecule has 0 spiro atoms. The van der Waals surface area contributed by atoms with Crippen LogP contribution in [0.5, 0.6) is 0 Å². The summed E-state index contributed by atoms with van der Waals surface area (Å²) in [5.41, 5.74) is 6.53. The lowest BCUT2D eigenvalue weighted by molar-refractivity contribution is 0.348. The third kappa shape index (κ3) is 1.71. The number of rotatable bonds is 1. The molecule has 5 heteroatoms. The molecule has 2 heterocycles. The molecule has 2 unspecified atom stereocenters. The topological polar surface area (TPSA) is 56.7 Å². The SMILES string of the molecule is CC1CC(N)c2nnc(-c3ccccc3F)n2C1. The zero-order valence-corrected chi connectivity index (χ0v) is 10.2. The van der Waals surface area contributed by atoms with Crippen molar-refractivity contribution in [2.45, 2.75) is 25.9 Å². The molecule has 2 N–H and O–H groups in total. The summed E-state index contributed by atoms with van der Waals surface area (Å²) < 4.78 is 15.7. The number of aromatic nitrogens is 3. The van der Waals surface area contributed by atoms with Gasteiger partial charge in [0.1, 0.15) is 11.6 Å². The second-order valence-electron chi connectivity index (χ2n) is 4.92. The first-order chi connectivity index (χ1) is 8.66. The van der Waals surface area contributed by atoms with Gasteiger partial charge < -0.3 is 10.3 Å². The van der Waals surface area contributed by atoms with E-state index in [1.165, 1.54) is 6.07 Å². The zero-order chi connectivity index (χ0) is 12.7. The van der Waals surface area contributed by atoms with Gasteiger partial charge in [-0.2, -0.15) is 0 Å². The Bertz CT molecular complexity index is 578. The van der Waals surface area contributed by atoms with Crippen LogP contribution < -0.4 is 5.73 Å². The average molecular weight is 246 g/mol. The minimum absolute atomic E-state index is 0.109. The molecule has 94 valence electrons. The highest BCUT2D eigenvalue weighted by Gasteiger charge is 2.27. The first-order valence-electron chi connectivity index (χ1n) is 6.10. The molecule has 1 aliphatic heterocycles. The quantitative estimate of drug-likeness (QED) is 0.838. The van der Waals surface area contributed by atoms with Crippen molar-refractivity contribution < 1.29 is 4.39 Å². The number of nitrogens with two attached hydrogens (primary N) is 1. The van der Waals surface area contributed by atoms with Crippen LogP contribution in [0.3, 0.4) is 0 Å². The molecule has 2 aromatic rings. The van der Waals surface area contributed by atoms with E-state index >= 15 is 0 Å². The summed E-state index contributed by atoms with van der Waals surface area (Å²) in [5, 5.41) is 8.22. The molecule has 2 atom stereocenters. The monoisotopic (exact) mass is 246 g/mol. The predicted molar refractivity (Wildman–Crippen MR) is 66.1 cm³/mol. The summed E-state index contributed by atoms with van der Waals surface area (Å²) in [6.07, 6.45) is 0.898. The van der Waals surface area contributed by atoms with Gasteiger partial charge in [-0.15, -0.1) is 10.2 Å². The molecule has 1 aromatic heterocycles. The van der Waals surface area contributed by atoms with E-state index in [-0.39, 0.29) is 11.9 Å². The fraction of sp³-hybridized carbons (Fsp3) is 0.385. The molecule has 18 heavy (non-hydrogen) atoms. The minimum atomic E-state index is -0.278. The van der Waals surface area contributed by atoms with E-state index in [0.717, 1.165) is 18.8 Å². The molecular weight excluding hydrogens is 231 g/mol. The van der Waals surface area contributed by atoms with Gasteiger partial charge in [0.05, 0.1) is 11.6 Å². The number of benzene rings is 1. The molecule has 1 aromatic carbocycles. The second-order valence-corrected chi connectivity index (χ2v) is 4.92. The van der Waals surface area contributed by atoms with Crippen LogP contribution in [-0.2, 0) is 6.54 Å². The minimum Gasteiger partial charge on any atom is -0.321 e. The third-order valence-corrected chi connectivity index (χ3v) is 3.38. The van der Waals surface area contributed by atoms with Crippen molar-refractivity contribution in [3.63, 3.8) is 0 Å². The van der Waals surface area contributed by atoms with Gasteiger partial charge in [-0.1, -0.05) is 19.1 Å². The summed E-state index contributed by atoms with van der Waals surface area (Å²) in [4.78, 5) is 0. The number of hydrogen-bond acceptors (Lipinski definition) is 3. The number of halogens is 1. The van der Waals surface area contributed by atoms with Crippen LogP contribution in [0.2, 0.25) is 0 Å². The standard InChI is InChI=1S/C13H15FN4/c1-8-6-11(15)13-17-16-12(18(13)7-8)9-4-2-3-5-10(9)14/h2-5,8,11H,6-7,15H2,1H3. The lowest BCUT2D eigenvalue weighted by Crippen LogP contribution is -2.27. The smallest absolute Gasteiger partial charge is 0.166 e. The number of hydrogen-bond donors (Lipinski definition) is 1. The summed E-state index contributed by atoms with van der Waals surface area (Å²) >= 11 is 0. The maximum atomic E-state index is 13.8. The Morgan fingerprint density at radius 1 is 1.33 bits per heavy atom. The van der Waals surface area contributed by atoms with Crippen LogP contribution >= 0.6 is 0 Å². The maximum absolute atomic E-state index is 13.8. The molecule has 4 nitrogen and oxygen atoms in total. The van der Waals surface area contributed by atoms with E-state index in [0.29, 0.717) is 17.3 Å². The summed E-state index contributed by atoms with van der Waals surface area (Å²) in [6.45, 7) is 2.92. The van der Waals surface area contributed by atoms with Gasteiger partial charge in [-0.25, -0.2) is 4.39 Å². The predicted octanol–water partition coefficient (Wildman–Crippen LogP) is 2.12. The molecule has 0 radical (unpaired) electrons. The maximum Gasteiger partial charge on any atom is 0.166 e. The molecule has 3 rings (SSSR count). The van der Waals surface area contributed by atoms with Crippen LogP contribution in [0, 0.1) is 11.7 Å². The van der Waals surface area contributed by atoms with Gasteiger partial charge >= 0.3 is 0 Å². The summed E-state index contributed by atoms with van der Waals surface area (Å²) in [5.74, 6) is 1.50. The van der Waals surface area contributed by atoms with E-state index in [4.69, 9.17) is 5.73 Å². The Morgan fingerprint density at radius 2 is 2.11 bits per heavy atom. The summed E-state index contributed by atoms with van der Waals surface area (Å²) in [6, 6.07) is 6.51. The van der Waals surface area contributed by atoms with Crippen molar-refractivity contribution in [3.05, 3.63) is 35.9 Å². The Balaban J connectivity index is 2.13. The lowest BCUT2D eigenvalue weighted by Gasteiger charge is -2.25. The van der Waals surface area contributed by atoms with Crippen molar-refractivity contribution in [2.24, 2.45) is 11.7 Å². The normalized spacial score (nSPS) is 22.8. The molecule has 1 aliphatic rings. The van der Waals surface area contributed by atoms with Crippen LogP contribution in [0.15, 0.2) is 24.3 Å². The van der Waals surface area contributed by atoms with E-state index in [9.17, 15) is 4.39 Å². The lowest BCUT2D eigenvalue weighted by atomic mass is 9.97. The fourth-order valence-electron chi connectivity index (χ4n) is 2.54. The largest absolute Gasteiger partial charge is 0.321 e. The van der Waals surface area contributed by atoms with Gasteiger partial charge in [-0.05, 0) is 24.5 Å². The van der Waals surface area contributed by atoms with Gasteiger partial charge in [-0.3, -0.25) is 0 Å². The fourth-order valence-corrected chi connectivity index (χ4v) is 2.54. The molecule has 0 saturated heterocycles. The van der Waals surface area contributed by atoms with Crippen molar-refractivity contribution in [2.75, 3.05) is 0 Å². The molecule has 0 aliphatic carbocycles. The van der Waals surface area contributed by atoms with E-state index in [1.807, 2.05) is 4.57 Å². The molecule has 0 amide bonds. The third-order valence-electron chi connectivity index (χ3n) is 3.38. The van der Waals surface area contributed by atoms with Crippen LogP contribution in [0.4, 0.5) is 4.39 Å². The van der Waals surface area contributed by atoms with Crippen molar-refractivity contribution in [3.8, 4) is 11.4 Å². The highest BCUT2D eigenvalue weighted by atomic mass is 19.1. The first kappa shape index (κ1) is 11.3. The van der Waals surface area contributed by atoms with Crippen molar-refractivity contribution >= 4 is 0 Å². The Hall–Kier alpha value is -1.75. The van der Waals surface area contributed by atoms with E-state index in [2.05, 4.69) is 17.1 Å². The second kappa shape index (κ2) is 4.17. The zero-order valence-electron chi connectivity index (χ0n) is 10.2. The Labute approximate surface area is 105 Å². The molecule has 0 saturated carbocycles. The highest BCUT2D eigenvalue weighted by molar-refractivity contribution is 5.56.